The van der Waals surface area contributed by atoms with Crippen molar-refractivity contribution in [2.45, 2.75) is 37.8 Å². The Morgan fingerprint density at radius 2 is 1.11 bits per heavy atom. The van der Waals surface area contributed by atoms with Crippen LogP contribution in [0.25, 0.3) is 0 Å². The average molecular weight is 459 g/mol. The molecule has 0 aromatic carbocycles. The molecule has 0 radical (unpaired) electrons. The van der Waals surface area contributed by atoms with Crippen molar-refractivity contribution in [1.29, 1.82) is 10.8 Å². The molecule has 0 amide bonds. The van der Waals surface area contributed by atoms with Crippen LogP contribution in [0.1, 0.15) is 25.7 Å². The number of hydrogen-bond donors (Lipinski definition) is 8. The number of nitrogens with one attached hydrogen (secondary N) is 4. The third kappa shape index (κ3) is 17.7. The van der Waals surface area contributed by atoms with Gasteiger partial charge < -0.3 is 43.0 Å². The molecule has 12 N–H and O–H groups in total. The van der Waals surface area contributed by atoms with Crippen LogP contribution < -0.4 is 33.6 Å². The molecule has 0 unspecified atom stereocenters. The molecule has 0 saturated carbocycles. The summed E-state index contributed by atoms with van der Waals surface area (Å²) in [6, 6.07) is -2.20. The minimum atomic E-state index is -1.50. The number of nitrogens with two attached hydrogens (primary N) is 4. The molecule has 0 rings (SSSR count). The molecular weight excluding hydrogens is 428 g/mol. The normalized spacial score (nSPS) is 11.5. The van der Waals surface area contributed by atoms with Crippen molar-refractivity contribution >= 4 is 105 Å². The SMILES string of the molecule is N=C(N)NCCC[C@H](N)C(=O)OC(=O)OC(=O)[C@@H](N)CCCNC(=N)N.[CaH2].[CaH2]. The Morgan fingerprint density at radius 1 is 0.786 bits per heavy atom. The standard InChI is InChI=1S/C13H26N8O5.2Ca.4H/c14-7(3-1-5-20-11(16)17)9(22)25-13(24)26-10(23)8(15)4-2-6-21-12(18)19;;;;;;/h7-8H,1-6,14-15H2,(H4,16,17,20)(H4,18,19,21);;;;;;/t7-,8-;;;;;;/m0....../s1. The summed E-state index contributed by atoms with van der Waals surface area (Å²) >= 11 is 0. The Hall–Kier alpha value is -0.411. The predicted molar refractivity (Wildman–Crippen MR) is 109 cm³/mol. The summed E-state index contributed by atoms with van der Waals surface area (Å²) in [5.41, 5.74) is 21.2. The van der Waals surface area contributed by atoms with Crippen LogP contribution in [0, 0.1) is 10.8 Å². The molecule has 15 heteroatoms. The Morgan fingerprint density at radius 3 is 1.39 bits per heavy atom. The van der Waals surface area contributed by atoms with Gasteiger partial charge in [0.25, 0.3) is 0 Å². The Labute approximate surface area is 222 Å². The van der Waals surface area contributed by atoms with E-state index < -0.39 is 30.2 Å². The van der Waals surface area contributed by atoms with E-state index in [1.165, 1.54) is 0 Å². The third-order valence-electron chi connectivity index (χ3n) is 2.99. The van der Waals surface area contributed by atoms with Crippen LogP contribution >= 0.6 is 0 Å². The first-order chi connectivity index (χ1) is 12.1. The summed E-state index contributed by atoms with van der Waals surface area (Å²) in [5, 5.41) is 19.0. The second kappa shape index (κ2) is 18.6. The van der Waals surface area contributed by atoms with E-state index in [9.17, 15) is 14.4 Å². The summed E-state index contributed by atoms with van der Waals surface area (Å²) in [5.74, 6) is -2.52. The molecule has 0 aromatic heterocycles. The molecule has 28 heavy (non-hydrogen) atoms. The molecular formula is C13H30Ca2N8O5. The van der Waals surface area contributed by atoms with E-state index in [1.54, 1.807) is 0 Å². The molecule has 0 aliphatic rings. The van der Waals surface area contributed by atoms with E-state index in [0.717, 1.165) is 0 Å². The predicted octanol–water partition coefficient (Wildman–Crippen LogP) is -4.46. The van der Waals surface area contributed by atoms with Crippen molar-refractivity contribution in [2.24, 2.45) is 22.9 Å². The molecule has 156 valence electrons. The van der Waals surface area contributed by atoms with Crippen LogP contribution in [0.15, 0.2) is 0 Å². The number of esters is 2. The minimum absolute atomic E-state index is 0. The van der Waals surface area contributed by atoms with Crippen LogP contribution in [0.2, 0.25) is 0 Å². The molecule has 0 spiro atoms. The van der Waals surface area contributed by atoms with Gasteiger partial charge in [0.2, 0.25) is 0 Å². The Balaban J connectivity index is -0.00000312. The fraction of sp³-hybridized carbons (Fsp3) is 0.615. The van der Waals surface area contributed by atoms with Gasteiger partial charge in [-0.3, -0.25) is 10.8 Å². The summed E-state index contributed by atoms with van der Waals surface area (Å²) in [7, 11) is 0. The van der Waals surface area contributed by atoms with Gasteiger partial charge in [-0.1, -0.05) is 0 Å². The van der Waals surface area contributed by atoms with Crippen molar-refractivity contribution in [3.8, 4) is 0 Å². The first-order valence-electron chi connectivity index (χ1n) is 7.77. The zero-order chi connectivity index (χ0) is 20.1. The fourth-order valence-electron chi connectivity index (χ4n) is 1.66. The van der Waals surface area contributed by atoms with Gasteiger partial charge in [0.1, 0.15) is 12.1 Å². The van der Waals surface area contributed by atoms with Gasteiger partial charge in [-0.15, -0.1) is 0 Å². The summed E-state index contributed by atoms with van der Waals surface area (Å²) in [4.78, 5) is 34.6. The monoisotopic (exact) mass is 458 g/mol. The van der Waals surface area contributed by atoms with Gasteiger partial charge in [0.05, 0.1) is 0 Å². The first-order valence-corrected chi connectivity index (χ1v) is 7.77. The van der Waals surface area contributed by atoms with E-state index >= 15 is 0 Å². The molecule has 0 aliphatic heterocycles. The first kappa shape index (κ1) is 32.3. The van der Waals surface area contributed by atoms with Crippen molar-refractivity contribution in [3.63, 3.8) is 0 Å². The van der Waals surface area contributed by atoms with E-state index in [2.05, 4.69) is 20.1 Å². The second-order valence-electron chi connectivity index (χ2n) is 5.27. The van der Waals surface area contributed by atoms with Gasteiger partial charge in [-0.2, -0.15) is 0 Å². The van der Waals surface area contributed by atoms with Gasteiger partial charge in [-0.25, -0.2) is 14.4 Å². The zero-order valence-corrected chi connectivity index (χ0v) is 14.2. The number of guanidine groups is 2. The van der Waals surface area contributed by atoms with E-state index in [0.29, 0.717) is 25.9 Å². The molecule has 0 fully saturated rings. The molecule has 0 heterocycles. The summed E-state index contributed by atoms with van der Waals surface area (Å²) in [6.45, 7) is 0.652. The van der Waals surface area contributed by atoms with Crippen LogP contribution in [0.4, 0.5) is 4.79 Å². The van der Waals surface area contributed by atoms with Gasteiger partial charge in [0, 0.05) is 13.1 Å². The van der Waals surface area contributed by atoms with Crippen molar-refractivity contribution < 1.29 is 23.9 Å². The van der Waals surface area contributed by atoms with Gasteiger partial charge in [-0.05, 0) is 25.7 Å². The van der Waals surface area contributed by atoms with Crippen LogP contribution in [0.5, 0.6) is 0 Å². The zero-order valence-electron chi connectivity index (χ0n) is 14.2. The average Bonchev–Trinajstić information content (AvgIpc) is 2.54. The maximum absolute atomic E-state index is 11.6. The fourth-order valence-corrected chi connectivity index (χ4v) is 1.66. The van der Waals surface area contributed by atoms with E-state index in [-0.39, 0.29) is 100 Å². The number of rotatable bonds is 10. The molecule has 0 bridgehead atoms. The molecule has 2 atom stereocenters. The number of carbonyl (C=O) groups excluding carboxylic acids is 3. The summed E-state index contributed by atoms with van der Waals surface area (Å²) in [6.07, 6.45) is -0.354. The number of carbonyl (C=O) groups is 3. The van der Waals surface area contributed by atoms with E-state index in [4.69, 9.17) is 33.8 Å². The molecule has 0 saturated heterocycles. The summed E-state index contributed by atoms with van der Waals surface area (Å²) < 4.78 is 8.64. The Kier molecular flexibility index (Phi) is 21.4. The second-order valence-corrected chi connectivity index (χ2v) is 5.27. The molecule has 0 aromatic rings. The van der Waals surface area contributed by atoms with Gasteiger partial charge in [0.15, 0.2) is 11.9 Å². The van der Waals surface area contributed by atoms with E-state index in [1.807, 2.05) is 0 Å². The number of ether oxygens (including phenoxy) is 2. The van der Waals surface area contributed by atoms with Crippen molar-refractivity contribution in [3.05, 3.63) is 0 Å². The third-order valence-corrected chi connectivity index (χ3v) is 2.99. The number of hydrogen-bond acceptors (Lipinski definition) is 9. The van der Waals surface area contributed by atoms with Crippen molar-refractivity contribution in [2.75, 3.05) is 13.1 Å². The van der Waals surface area contributed by atoms with Crippen LogP contribution in [0.3, 0.4) is 0 Å². The van der Waals surface area contributed by atoms with Crippen molar-refractivity contribution in [1.82, 2.24) is 10.6 Å². The van der Waals surface area contributed by atoms with Gasteiger partial charge >= 0.3 is 93.6 Å². The Bertz CT molecular complexity index is 493. The quantitative estimate of drug-likeness (QED) is 0.0387. The molecule has 0 aliphatic carbocycles. The molecule has 13 nitrogen and oxygen atoms in total. The maximum atomic E-state index is 11.6. The van der Waals surface area contributed by atoms with Crippen LogP contribution in [-0.4, -0.2) is 131 Å². The van der Waals surface area contributed by atoms with Crippen LogP contribution in [-0.2, 0) is 19.1 Å². The topological polar surface area (TPSA) is 246 Å².